The van der Waals surface area contributed by atoms with Crippen LogP contribution in [-0.2, 0) is 0 Å². The molecule has 23 heavy (non-hydrogen) atoms. The van der Waals surface area contributed by atoms with E-state index in [9.17, 15) is 14.5 Å². The highest BCUT2D eigenvalue weighted by Crippen LogP contribution is 2.31. The zero-order chi connectivity index (χ0) is 16.4. The summed E-state index contributed by atoms with van der Waals surface area (Å²) in [7, 11) is 0. The van der Waals surface area contributed by atoms with Crippen LogP contribution in [0.5, 0.6) is 0 Å². The van der Waals surface area contributed by atoms with Crippen LogP contribution in [0.25, 0.3) is 0 Å². The second-order valence-electron chi connectivity index (χ2n) is 5.17. The monoisotopic (exact) mass is 336 g/mol. The Morgan fingerprint density at radius 1 is 1.17 bits per heavy atom. The Bertz CT molecular complexity index is 735. The molecule has 1 aliphatic rings. The second-order valence-corrected chi connectivity index (χ2v) is 5.58. The van der Waals surface area contributed by atoms with Crippen molar-refractivity contribution in [3.05, 3.63) is 57.5 Å². The van der Waals surface area contributed by atoms with Gasteiger partial charge >= 0.3 is 0 Å². The SMILES string of the molecule is O=[N+]([O-])c1ccc(F)cc1N1CCN(c2ncccc2Cl)CC1. The minimum absolute atomic E-state index is 0.0873. The van der Waals surface area contributed by atoms with Crippen molar-refractivity contribution in [2.45, 2.75) is 0 Å². The summed E-state index contributed by atoms with van der Waals surface area (Å²) in [4.78, 5) is 18.7. The van der Waals surface area contributed by atoms with Crippen LogP contribution in [0.1, 0.15) is 0 Å². The number of hydrogen-bond acceptors (Lipinski definition) is 5. The lowest BCUT2D eigenvalue weighted by Crippen LogP contribution is -2.47. The summed E-state index contributed by atoms with van der Waals surface area (Å²) in [6, 6.07) is 7.05. The minimum atomic E-state index is -0.489. The first-order valence-electron chi connectivity index (χ1n) is 7.10. The molecule has 0 spiro atoms. The van der Waals surface area contributed by atoms with E-state index in [1.807, 2.05) is 9.80 Å². The predicted octanol–water partition coefficient (Wildman–Crippen LogP) is 3.11. The molecule has 2 aromatic rings. The zero-order valence-corrected chi connectivity index (χ0v) is 12.9. The highest BCUT2D eigenvalue weighted by Gasteiger charge is 2.25. The molecule has 8 heteroatoms. The quantitative estimate of drug-likeness (QED) is 0.636. The largest absolute Gasteiger partial charge is 0.362 e. The van der Waals surface area contributed by atoms with Crippen molar-refractivity contribution in [2.24, 2.45) is 0 Å². The standard InChI is InChI=1S/C15H14ClFN4O2/c16-12-2-1-5-18-15(12)20-8-6-19(7-9-20)14-10-11(17)3-4-13(14)21(22)23/h1-5,10H,6-9H2. The fourth-order valence-corrected chi connectivity index (χ4v) is 2.91. The molecule has 1 aromatic heterocycles. The van der Waals surface area contributed by atoms with Gasteiger partial charge in [0.2, 0.25) is 0 Å². The van der Waals surface area contributed by atoms with Crippen LogP contribution in [0.15, 0.2) is 36.5 Å². The topological polar surface area (TPSA) is 62.5 Å². The summed E-state index contributed by atoms with van der Waals surface area (Å²) in [6.07, 6.45) is 1.67. The Morgan fingerprint density at radius 2 is 1.87 bits per heavy atom. The molecule has 1 aromatic carbocycles. The smallest absolute Gasteiger partial charge is 0.292 e. The molecule has 1 aliphatic heterocycles. The van der Waals surface area contributed by atoms with Crippen LogP contribution in [0, 0.1) is 15.9 Å². The average Bonchev–Trinajstić information content (AvgIpc) is 2.55. The van der Waals surface area contributed by atoms with Crippen molar-refractivity contribution in [1.29, 1.82) is 0 Å². The molecule has 0 atom stereocenters. The van der Waals surface area contributed by atoms with E-state index in [1.165, 1.54) is 12.1 Å². The van der Waals surface area contributed by atoms with Gasteiger partial charge in [-0.15, -0.1) is 0 Å². The number of nitrogens with zero attached hydrogens (tertiary/aromatic N) is 4. The molecule has 0 amide bonds. The number of halogens is 2. The van der Waals surface area contributed by atoms with E-state index in [1.54, 1.807) is 18.3 Å². The van der Waals surface area contributed by atoms with Gasteiger partial charge in [0, 0.05) is 44.5 Å². The van der Waals surface area contributed by atoms with Crippen molar-refractivity contribution >= 4 is 28.8 Å². The number of piperazine rings is 1. The van der Waals surface area contributed by atoms with Crippen molar-refractivity contribution in [1.82, 2.24) is 4.98 Å². The number of pyridine rings is 1. The number of hydrogen-bond donors (Lipinski definition) is 0. The number of nitro benzene ring substituents is 1. The van der Waals surface area contributed by atoms with E-state index in [-0.39, 0.29) is 5.69 Å². The summed E-state index contributed by atoms with van der Waals surface area (Å²) in [5.41, 5.74) is 0.220. The Kier molecular flexibility index (Phi) is 4.29. The molecule has 0 unspecified atom stereocenters. The molecule has 3 rings (SSSR count). The minimum Gasteiger partial charge on any atom is -0.362 e. The van der Waals surface area contributed by atoms with E-state index >= 15 is 0 Å². The van der Waals surface area contributed by atoms with E-state index in [2.05, 4.69) is 4.98 Å². The number of nitro groups is 1. The molecule has 120 valence electrons. The highest BCUT2D eigenvalue weighted by molar-refractivity contribution is 6.32. The summed E-state index contributed by atoms with van der Waals surface area (Å²) in [5.74, 6) is 0.211. The molecular weight excluding hydrogens is 323 g/mol. The maximum absolute atomic E-state index is 13.5. The fourth-order valence-electron chi connectivity index (χ4n) is 2.67. The first-order chi connectivity index (χ1) is 11.1. The Morgan fingerprint density at radius 3 is 2.52 bits per heavy atom. The van der Waals surface area contributed by atoms with Crippen LogP contribution >= 0.6 is 11.6 Å². The molecule has 0 N–H and O–H groups in total. The number of benzene rings is 1. The number of aromatic nitrogens is 1. The van der Waals surface area contributed by atoms with Crippen molar-refractivity contribution in [2.75, 3.05) is 36.0 Å². The normalized spacial score (nSPS) is 14.9. The lowest BCUT2D eigenvalue weighted by atomic mass is 10.2. The third kappa shape index (κ3) is 3.19. The number of rotatable bonds is 3. The van der Waals surface area contributed by atoms with Gasteiger partial charge in [-0.25, -0.2) is 9.37 Å². The van der Waals surface area contributed by atoms with E-state index in [0.717, 1.165) is 6.07 Å². The van der Waals surface area contributed by atoms with Gasteiger partial charge in [0.05, 0.1) is 9.95 Å². The van der Waals surface area contributed by atoms with Gasteiger partial charge in [-0.05, 0) is 18.2 Å². The number of anilines is 2. The van der Waals surface area contributed by atoms with Crippen LogP contribution < -0.4 is 9.80 Å². The van der Waals surface area contributed by atoms with Gasteiger partial charge in [-0.2, -0.15) is 0 Å². The van der Waals surface area contributed by atoms with Gasteiger partial charge in [-0.3, -0.25) is 10.1 Å². The highest BCUT2D eigenvalue weighted by atomic mass is 35.5. The van der Waals surface area contributed by atoms with Crippen LogP contribution in [0.2, 0.25) is 5.02 Å². The first kappa shape index (κ1) is 15.5. The Hall–Kier alpha value is -2.41. The summed E-state index contributed by atoms with van der Waals surface area (Å²) < 4.78 is 13.5. The molecule has 0 radical (unpaired) electrons. The van der Waals surface area contributed by atoms with Crippen molar-refractivity contribution < 1.29 is 9.31 Å². The summed E-state index contributed by atoms with van der Waals surface area (Å²) in [5, 5.41) is 11.7. The van der Waals surface area contributed by atoms with Gasteiger partial charge in [0.1, 0.15) is 17.3 Å². The third-order valence-corrected chi connectivity index (χ3v) is 4.09. The van der Waals surface area contributed by atoms with Gasteiger partial charge in [0.25, 0.3) is 5.69 Å². The first-order valence-corrected chi connectivity index (χ1v) is 7.48. The Balaban J connectivity index is 1.78. The molecule has 1 fully saturated rings. The van der Waals surface area contributed by atoms with Crippen molar-refractivity contribution in [3.63, 3.8) is 0 Å². The molecular formula is C15H14ClFN4O2. The Labute approximate surface area is 137 Å². The predicted molar refractivity (Wildman–Crippen MR) is 86.7 cm³/mol. The van der Waals surface area contributed by atoms with Gasteiger partial charge < -0.3 is 9.80 Å². The second kappa shape index (κ2) is 6.37. The van der Waals surface area contributed by atoms with E-state index < -0.39 is 10.7 Å². The molecule has 2 heterocycles. The maximum Gasteiger partial charge on any atom is 0.292 e. The summed E-state index contributed by atoms with van der Waals surface area (Å²) >= 11 is 6.14. The third-order valence-electron chi connectivity index (χ3n) is 3.79. The molecule has 0 aliphatic carbocycles. The van der Waals surface area contributed by atoms with Gasteiger partial charge in [-0.1, -0.05) is 11.6 Å². The van der Waals surface area contributed by atoms with Crippen LogP contribution in [-0.4, -0.2) is 36.1 Å². The molecule has 1 saturated heterocycles. The lowest BCUT2D eigenvalue weighted by molar-refractivity contribution is -0.384. The zero-order valence-electron chi connectivity index (χ0n) is 12.2. The maximum atomic E-state index is 13.5. The fraction of sp³-hybridized carbons (Fsp3) is 0.267. The van der Waals surface area contributed by atoms with Crippen LogP contribution in [0.3, 0.4) is 0 Å². The van der Waals surface area contributed by atoms with E-state index in [0.29, 0.717) is 42.7 Å². The molecule has 0 saturated carbocycles. The molecule has 6 nitrogen and oxygen atoms in total. The van der Waals surface area contributed by atoms with Gasteiger partial charge in [0.15, 0.2) is 0 Å². The summed E-state index contributed by atoms with van der Waals surface area (Å²) in [6.45, 7) is 2.25. The molecule has 0 bridgehead atoms. The van der Waals surface area contributed by atoms with Crippen molar-refractivity contribution in [3.8, 4) is 0 Å². The van der Waals surface area contributed by atoms with E-state index in [4.69, 9.17) is 11.6 Å². The lowest BCUT2D eigenvalue weighted by Gasteiger charge is -2.36. The average molecular weight is 337 g/mol. The van der Waals surface area contributed by atoms with Crippen LogP contribution in [0.4, 0.5) is 21.6 Å².